The maximum Gasteiger partial charge on any atom is 0.145 e. The van der Waals surface area contributed by atoms with Gasteiger partial charge in [0.15, 0.2) is 0 Å². The second-order valence-electron chi connectivity index (χ2n) is 11.1. The van der Waals surface area contributed by atoms with Gasteiger partial charge in [-0.1, -0.05) is 72.8 Å². The number of nitrogens with zero attached hydrogens (tertiary/aromatic N) is 3. The topological polar surface area (TPSA) is 65.7 Å². The molecular formula is C39H21N3O. The highest BCUT2D eigenvalue weighted by atomic mass is 16.3. The highest BCUT2D eigenvalue weighted by Crippen LogP contribution is 2.53. The Bertz CT molecular complexity index is 2540. The molecule has 2 heterocycles. The minimum Gasteiger partial charge on any atom is -0.455 e. The SMILES string of the molecule is N#Cc1ccc(C#N)c(C2c3ccccc3-c3c2ccc2c3oc3c2ccc2c3c3ccccc3n2-c2ccccc2)c1. The van der Waals surface area contributed by atoms with E-state index < -0.39 is 0 Å². The van der Waals surface area contributed by atoms with E-state index in [1.807, 2.05) is 18.2 Å². The van der Waals surface area contributed by atoms with E-state index in [9.17, 15) is 10.5 Å². The summed E-state index contributed by atoms with van der Waals surface area (Å²) in [5.41, 5.74) is 11.4. The van der Waals surface area contributed by atoms with Crippen LogP contribution in [0.2, 0.25) is 0 Å². The first-order valence-electron chi connectivity index (χ1n) is 14.3. The number of para-hydroxylation sites is 2. The molecule has 4 nitrogen and oxygen atoms in total. The van der Waals surface area contributed by atoms with Gasteiger partial charge in [-0.3, -0.25) is 0 Å². The number of rotatable bonds is 2. The molecule has 1 aliphatic carbocycles. The molecule has 2 aromatic heterocycles. The van der Waals surface area contributed by atoms with Crippen LogP contribution in [0.15, 0.2) is 126 Å². The van der Waals surface area contributed by atoms with Gasteiger partial charge in [-0.2, -0.15) is 10.5 Å². The summed E-state index contributed by atoms with van der Waals surface area (Å²) in [6.07, 6.45) is 0. The third-order valence-electron chi connectivity index (χ3n) is 8.95. The quantitative estimate of drug-likeness (QED) is 0.216. The molecule has 9 rings (SSSR count). The van der Waals surface area contributed by atoms with Gasteiger partial charge in [0, 0.05) is 33.3 Å². The van der Waals surface area contributed by atoms with E-state index in [0.29, 0.717) is 11.1 Å². The van der Waals surface area contributed by atoms with Crippen molar-refractivity contribution in [2.24, 2.45) is 0 Å². The van der Waals surface area contributed by atoms with Gasteiger partial charge in [-0.25, -0.2) is 0 Å². The van der Waals surface area contributed by atoms with Gasteiger partial charge in [0.25, 0.3) is 0 Å². The lowest BCUT2D eigenvalue weighted by Gasteiger charge is -2.16. The van der Waals surface area contributed by atoms with Crippen LogP contribution < -0.4 is 0 Å². The molecule has 0 N–H and O–H groups in total. The molecule has 43 heavy (non-hydrogen) atoms. The lowest BCUT2D eigenvalue weighted by atomic mass is 9.85. The average molecular weight is 548 g/mol. The van der Waals surface area contributed by atoms with E-state index in [2.05, 4.69) is 108 Å². The van der Waals surface area contributed by atoms with Crippen LogP contribution >= 0.6 is 0 Å². The molecule has 0 saturated carbocycles. The molecule has 4 heteroatoms. The summed E-state index contributed by atoms with van der Waals surface area (Å²) in [6, 6.07) is 45.9. The Morgan fingerprint density at radius 2 is 1.35 bits per heavy atom. The Hall–Kier alpha value is -6.10. The maximum atomic E-state index is 10.0. The van der Waals surface area contributed by atoms with E-state index >= 15 is 0 Å². The molecule has 1 unspecified atom stereocenters. The number of hydrogen-bond donors (Lipinski definition) is 0. The van der Waals surface area contributed by atoms with Crippen molar-refractivity contribution in [1.29, 1.82) is 10.5 Å². The van der Waals surface area contributed by atoms with Crippen LogP contribution in [0.3, 0.4) is 0 Å². The minimum absolute atomic E-state index is 0.174. The Kier molecular flexibility index (Phi) is 4.77. The molecule has 0 spiro atoms. The van der Waals surface area contributed by atoms with E-state index in [1.165, 1.54) is 0 Å². The van der Waals surface area contributed by atoms with Gasteiger partial charge in [-0.05, 0) is 70.8 Å². The number of nitriles is 2. The van der Waals surface area contributed by atoms with Crippen molar-refractivity contribution in [3.05, 3.63) is 149 Å². The third-order valence-corrected chi connectivity index (χ3v) is 8.95. The minimum atomic E-state index is -0.174. The molecule has 1 aliphatic rings. The van der Waals surface area contributed by atoms with Crippen LogP contribution in [-0.2, 0) is 0 Å². The van der Waals surface area contributed by atoms with Crippen LogP contribution in [0.1, 0.15) is 33.7 Å². The van der Waals surface area contributed by atoms with Crippen LogP contribution in [0.5, 0.6) is 0 Å². The highest BCUT2D eigenvalue weighted by molar-refractivity contribution is 6.25. The number of benzene rings is 6. The fraction of sp³-hybridized carbons (Fsp3) is 0.0256. The van der Waals surface area contributed by atoms with Gasteiger partial charge in [0.2, 0.25) is 0 Å². The summed E-state index contributed by atoms with van der Waals surface area (Å²) in [4.78, 5) is 0. The molecule has 1 atom stereocenters. The van der Waals surface area contributed by atoms with E-state index in [4.69, 9.17) is 4.42 Å². The molecule has 0 bridgehead atoms. The Morgan fingerprint density at radius 3 is 2.21 bits per heavy atom. The normalized spacial score (nSPS) is 13.8. The maximum absolute atomic E-state index is 10.0. The van der Waals surface area contributed by atoms with Gasteiger partial charge >= 0.3 is 0 Å². The number of furan rings is 1. The smallest absolute Gasteiger partial charge is 0.145 e. The highest BCUT2D eigenvalue weighted by Gasteiger charge is 2.34. The number of hydrogen-bond acceptors (Lipinski definition) is 3. The Labute approximate surface area is 246 Å². The first-order chi connectivity index (χ1) is 21.3. The second-order valence-corrected chi connectivity index (χ2v) is 11.1. The fourth-order valence-electron chi connectivity index (χ4n) is 7.19. The van der Waals surface area contributed by atoms with E-state index in [1.54, 1.807) is 12.1 Å². The summed E-state index contributed by atoms with van der Waals surface area (Å²) in [5, 5.41) is 24.1. The zero-order valence-corrected chi connectivity index (χ0v) is 22.9. The van der Waals surface area contributed by atoms with Gasteiger partial charge in [-0.15, -0.1) is 0 Å². The van der Waals surface area contributed by atoms with Crippen LogP contribution in [0, 0.1) is 22.7 Å². The standard InChI is InChI=1S/C39H21N3O/c40-21-23-14-15-24(22-41)32(20-23)35-26-10-4-5-11-27(26)36-31(35)17-16-28-29-18-19-34-37(39(29)43-38(28)36)30-12-6-7-13-33(30)42(34)25-8-2-1-3-9-25/h1-20,35H. The molecule has 0 radical (unpaired) electrons. The first-order valence-corrected chi connectivity index (χ1v) is 14.3. The molecule has 0 saturated heterocycles. The average Bonchev–Trinajstić information content (AvgIpc) is 3.72. The summed E-state index contributed by atoms with van der Waals surface area (Å²) < 4.78 is 9.28. The summed E-state index contributed by atoms with van der Waals surface area (Å²) in [5.74, 6) is -0.174. The summed E-state index contributed by atoms with van der Waals surface area (Å²) in [6.45, 7) is 0. The monoisotopic (exact) mass is 547 g/mol. The molecular weight excluding hydrogens is 526 g/mol. The van der Waals surface area contributed by atoms with Crippen molar-refractivity contribution in [1.82, 2.24) is 4.57 Å². The first kappa shape index (κ1) is 23.6. The summed E-state index contributed by atoms with van der Waals surface area (Å²) >= 11 is 0. The molecule has 0 fully saturated rings. The zero-order chi connectivity index (χ0) is 28.7. The largest absolute Gasteiger partial charge is 0.455 e. The third kappa shape index (κ3) is 3.13. The lowest BCUT2D eigenvalue weighted by molar-refractivity contribution is 0.673. The van der Waals surface area contributed by atoms with E-state index in [0.717, 1.165) is 77.2 Å². The van der Waals surface area contributed by atoms with Crippen LogP contribution in [0.25, 0.3) is 60.6 Å². The van der Waals surface area contributed by atoms with Crippen molar-refractivity contribution in [2.75, 3.05) is 0 Å². The number of fused-ring (bicyclic) bond motifs is 11. The molecule has 8 aromatic rings. The van der Waals surface area contributed by atoms with Crippen molar-refractivity contribution in [3.8, 4) is 29.0 Å². The molecule has 198 valence electrons. The van der Waals surface area contributed by atoms with Crippen LogP contribution in [-0.4, -0.2) is 4.57 Å². The van der Waals surface area contributed by atoms with Crippen molar-refractivity contribution in [3.63, 3.8) is 0 Å². The fourth-order valence-corrected chi connectivity index (χ4v) is 7.19. The number of aromatic nitrogens is 1. The van der Waals surface area contributed by atoms with Crippen molar-refractivity contribution in [2.45, 2.75) is 5.92 Å². The van der Waals surface area contributed by atoms with Crippen molar-refractivity contribution >= 4 is 43.7 Å². The molecule has 0 amide bonds. The second kappa shape index (κ2) is 8.70. The van der Waals surface area contributed by atoms with E-state index in [-0.39, 0.29) is 5.92 Å². The molecule has 6 aromatic carbocycles. The van der Waals surface area contributed by atoms with Crippen LogP contribution in [0.4, 0.5) is 0 Å². The lowest BCUT2D eigenvalue weighted by Crippen LogP contribution is -2.02. The van der Waals surface area contributed by atoms with Gasteiger partial charge < -0.3 is 8.98 Å². The Morgan fingerprint density at radius 1 is 0.581 bits per heavy atom. The predicted octanol–water partition coefficient (Wildman–Crippen LogP) is 9.59. The van der Waals surface area contributed by atoms with Gasteiger partial charge in [0.05, 0.1) is 39.7 Å². The zero-order valence-electron chi connectivity index (χ0n) is 22.9. The Balaban J connectivity index is 1.39. The van der Waals surface area contributed by atoms with Crippen molar-refractivity contribution < 1.29 is 4.42 Å². The predicted molar refractivity (Wildman–Crippen MR) is 170 cm³/mol. The molecule has 0 aliphatic heterocycles. The van der Waals surface area contributed by atoms with Gasteiger partial charge in [0.1, 0.15) is 11.2 Å². The summed E-state index contributed by atoms with van der Waals surface area (Å²) in [7, 11) is 0.